The topological polar surface area (TPSA) is 102 Å². The summed E-state index contributed by atoms with van der Waals surface area (Å²) in [5, 5.41) is 1.84. The minimum absolute atomic E-state index is 0.0732. The van der Waals surface area contributed by atoms with Gasteiger partial charge in [0.25, 0.3) is 11.8 Å². The number of fused-ring (bicyclic) bond motifs is 1. The van der Waals surface area contributed by atoms with Gasteiger partial charge in [-0.15, -0.1) is 11.8 Å². The number of carbonyl (C=O) groups is 4. The van der Waals surface area contributed by atoms with Crippen molar-refractivity contribution in [3.05, 3.63) is 113 Å². The van der Waals surface area contributed by atoms with Crippen molar-refractivity contribution >= 4 is 46.4 Å². The van der Waals surface area contributed by atoms with E-state index in [1.807, 2.05) is 66.7 Å². The van der Waals surface area contributed by atoms with Crippen molar-refractivity contribution in [2.75, 3.05) is 18.6 Å². The molecule has 0 saturated carbocycles. The van der Waals surface area contributed by atoms with Crippen molar-refractivity contribution in [3.63, 3.8) is 0 Å². The van der Waals surface area contributed by atoms with Crippen LogP contribution < -0.4 is 10.1 Å². The molecule has 1 fully saturated rings. The molecule has 0 aromatic heterocycles. The van der Waals surface area contributed by atoms with E-state index in [1.54, 1.807) is 30.5 Å². The van der Waals surface area contributed by atoms with Gasteiger partial charge in [0, 0.05) is 11.3 Å². The lowest BCUT2D eigenvalue weighted by Crippen LogP contribution is -2.71. The Kier molecular flexibility index (Phi) is 8.57. The monoisotopic (exact) mass is 574 g/mol. The van der Waals surface area contributed by atoms with E-state index >= 15 is 0 Å². The number of amides is 2. The molecule has 0 radical (unpaired) electrons. The number of ether oxygens (including phenoxy) is 2. The molecule has 40 heavy (non-hydrogen) atoms. The van der Waals surface area contributed by atoms with Gasteiger partial charge in [-0.25, -0.2) is 4.79 Å². The summed E-state index contributed by atoms with van der Waals surface area (Å²) in [5.74, 6) is -0.988. The molecule has 0 bridgehead atoms. The fourth-order valence-corrected chi connectivity index (χ4v) is 6.36. The van der Waals surface area contributed by atoms with Crippen molar-refractivity contribution in [3.8, 4) is 5.75 Å². The second-order valence-electron chi connectivity index (χ2n) is 8.98. The third kappa shape index (κ3) is 5.78. The largest absolute Gasteiger partial charge is 0.484 e. The highest BCUT2D eigenvalue weighted by Gasteiger charge is 2.55. The lowest BCUT2D eigenvalue weighted by atomic mass is 10.0. The normalized spacial score (nSPS) is 18.1. The van der Waals surface area contributed by atoms with Gasteiger partial charge in [-0.05, 0) is 29.5 Å². The minimum Gasteiger partial charge on any atom is -0.484 e. The molecule has 10 heteroatoms. The van der Waals surface area contributed by atoms with E-state index < -0.39 is 35.3 Å². The smallest absolute Gasteiger partial charge is 0.356 e. The number of nitrogens with one attached hydrogen (secondary N) is 1. The molecule has 8 nitrogen and oxygen atoms in total. The first-order valence-corrected chi connectivity index (χ1v) is 14.8. The molecule has 204 valence electrons. The van der Waals surface area contributed by atoms with E-state index in [-0.39, 0.29) is 28.7 Å². The SMILES string of the molecule is CSC(=O)C1=C(C(=O)OC(c2ccccc2)c2ccccc2)N2C(=O)C(NC(=O)COc3ccccc3)[C@@H]2SC1. The zero-order valence-electron chi connectivity index (χ0n) is 21.5. The van der Waals surface area contributed by atoms with Crippen LogP contribution in [0.5, 0.6) is 5.75 Å². The average molecular weight is 575 g/mol. The summed E-state index contributed by atoms with van der Waals surface area (Å²) in [6.07, 6.45) is 0.877. The van der Waals surface area contributed by atoms with Crippen molar-refractivity contribution in [2.24, 2.45) is 0 Å². The molecule has 2 aliphatic heterocycles. The number of nitrogens with zero attached hydrogens (tertiary/aromatic N) is 1. The first-order valence-electron chi connectivity index (χ1n) is 12.5. The van der Waals surface area contributed by atoms with Crippen molar-refractivity contribution in [1.29, 1.82) is 0 Å². The molecule has 3 aromatic rings. The first kappa shape index (κ1) is 27.5. The molecule has 2 amide bonds. The summed E-state index contributed by atoms with van der Waals surface area (Å²) in [6.45, 7) is -0.262. The van der Waals surface area contributed by atoms with Gasteiger partial charge in [0.05, 0.1) is 0 Å². The maximum absolute atomic E-state index is 13.8. The van der Waals surface area contributed by atoms with Gasteiger partial charge in [-0.3, -0.25) is 19.3 Å². The molecule has 3 aromatic carbocycles. The summed E-state index contributed by atoms with van der Waals surface area (Å²) in [5.41, 5.74) is 1.64. The molecule has 0 aliphatic carbocycles. The Morgan fingerprint density at radius 2 is 1.52 bits per heavy atom. The van der Waals surface area contributed by atoms with Gasteiger partial charge < -0.3 is 14.8 Å². The summed E-state index contributed by atoms with van der Waals surface area (Å²) in [6, 6.07) is 26.6. The standard InChI is InChI=1S/C30H26N2O6S2/c1-39-30(36)22-18-40-28-24(31-23(33)17-37-21-15-9-4-10-16-21)27(34)32(28)25(22)29(35)38-26(19-11-5-2-6-12-19)20-13-7-3-8-14-20/h2-16,24,26,28H,17-18H2,1H3,(H,31,33)/t24?,28-/m0/s1. The van der Waals surface area contributed by atoms with Crippen LogP contribution in [0.2, 0.25) is 0 Å². The zero-order valence-corrected chi connectivity index (χ0v) is 23.2. The zero-order chi connectivity index (χ0) is 28.1. The van der Waals surface area contributed by atoms with Crippen LogP contribution in [0.4, 0.5) is 0 Å². The van der Waals surface area contributed by atoms with E-state index in [4.69, 9.17) is 9.47 Å². The van der Waals surface area contributed by atoms with Crippen LogP contribution in [0.15, 0.2) is 102 Å². The van der Waals surface area contributed by atoms with Crippen molar-refractivity contribution in [2.45, 2.75) is 17.5 Å². The van der Waals surface area contributed by atoms with Gasteiger partial charge in [0.1, 0.15) is 22.9 Å². The van der Waals surface area contributed by atoms with Crippen LogP contribution in [-0.2, 0) is 23.9 Å². The van der Waals surface area contributed by atoms with E-state index in [1.165, 1.54) is 16.7 Å². The van der Waals surface area contributed by atoms with Crippen molar-refractivity contribution in [1.82, 2.24) is 10.2 Å². The molecule has 1 saturated heterocycles. The van der Waals surface area contributed by atoms with Gasteiger partial charge >= 0.3 is 5.97 Å². The second-order valence-corrected chi connectivity index (χ2v) is 10.9. The quantitative estimate of drug-likeness (QED) is 0.303. The Labute approximate surface area is 240 Å². The molecular formula is C30H26N2O6S2. The predicted octanol–water partition coefficient (Wildman–Crippen LogP) is 3.94. The molecule has 1 unspecified atom stereocenters. The molecule has 5 rings (SSSR count). The average Bonchev–Trinajstić information content (AvgIpc) is 3.01. The number of β-lactam (4-membered cyclic amide) rings is 1. The van der Waals surface area contributed by atoms with Crippen LogP contribution >= 0.6 is 23.5 Å². The molecule has 0 spiro atoms. The van der Waals surface area contributed by atoms with Crippen LogP contribution in [-0.4, -0.2) is 57.8 Å². The van der Waals surface area contributed by atoms with Crippen LogP contribution in [0.3, 0.4) is 0 Å². The van der Waals surface area contributed by atoms with Crippen LogP contribution in [0.25, 0.3) is 0 Å². The highest BCUT2D eigenvalue weighted by atomic mass is 32.2. The molecule has 1 N–H and O–H groups in total. The maximum Gasteiger partial charge on any atom is 0.356 e. The Hall–Kier alpha value is -4.02. The Morgan fingerprint density at radius 3 is 2.10 bits per heavy atom. The summed E-state index contributed by atoms with van der Waals surface area (Å²) < 4.78 is 11.5. The summed E-state index contributed by atoms with van der Waals surface area (Å²) >= 11 is 2.28. The Balaban J connectivity index is 1.36. The fourth-order valence-electron chi connectivity index (χ4n) is 4.52. The van der Waals surface area contributed by atoms with E-state index in [2.05, 4.69) is 5.32 Å². The number of hydrogen-bond acceptors (Lipinski definition) is 8. The van der Waals surface area contributed by atoms with E-state index in [0.29, 0.717) is 5.75 Å². The van der Waals surface area contributed by atoms with Crippen LogP contribution in [0, 0.1) is 0 Å². The summed E-state index contributed by atoms with van der Waals surface area (Å²) in [4.78, 5) is 53.7. The molecular weight excluding hydrogens is 548 g/mol. The van der Waals surface area contributed by atoms with E-state index in [9.17, 15) is 19.2 Å². The minimum atomic E-state index is -0.857. The lowest BCUT2D eigenvalue weighted by Gasteiger charge is -2.49. The van der Waals surface area contributed by atoms with Gasteiger partial charge in [0.2, 0.25) is 5.12 Å². The summed E-state index contributed by atoms with van der Waals surface area (Å²) in [7, 11) is 0. The highest BCUT2D eigenvalue weighted by Crippen LogP contribution is 2.42. The third-order valence-electron chi connectivity index (χ3n) is 6.45. The Bertz CT molecular complexity index is 1390. The number of thioether (sulfide) groups is 2. The maximum atomic E-state index is 13.8. The lowest BCUT2D eigenvalue weighted by molar-refractivity contribution is -0.155. The number of hydrogen-bond donors (Lipinski definition) is 1. The van der Waals surface area contributed by atoms with E-state index in [0.717, 1.165) is 22.9 Å². The number of para-hydroxylation sites is 1. The number of esters is 1. The Morgan fingerprint density at radius 1 is 0.950 bits per heavy atom. The van der Waals surface area contributed by atoms with Gasteiger partial charge in [-0.2, -0.15) is 0 Å². The van der Waals surface area contributed by atoms with Crippen molar-refractivity contribution < 1.29 is 28.7 Å². The molecule has 2 aliphatic rings. The third-order valence-corrected chi connectivity index (χ3v) is 8.35. The number of benzene rings is 3. The van der Waals surface area contributed by atoms with Gasteiger partial charge in [0.15, 0.2) is 12.7 Å². The number of carbonyl (C=O) groups excluding carboxylic acids is 4. The molecule has 2 heterocycles. The fraction of sp³-hybridized carbons (Fsp3) is 0.200. The highest BCUT2D eigenvalue weighted by molar-refractivity contribution is 8.13. The first-order chi connectivity index (χ1) is 19.5. The second kappa shape index (κ2) is 12.4. The van der Waals surface area contributed by atoms with Crippen LogP contribution in [0.1, 0.15) is 17.2 Å². The predicted molar refractivity (Wildman–Crippen MR) is 153 cm³/mol. The van der Waals surface area contributed by atoms with Gasteiger partial charge in [-0.1, -0.05) is 90.6 Å². The molecule has 2 atom stereocenters. The number of rotatable bonds is 9.